The first kappa shape index (κ1) is 15.6. The van der Waals surface area contributed by atoms with Crippen LogP contribution in [0.25, 0.3) is 0 Å². The highest BCUT2D eigenvalue weighted by molar-refractivity contribution is 6.31. The summed E-state index contributed by atoms with van der Waals surface area (Å²) in [6.07, 6.45) is -0.0164. The van der Waals surface area contributed by atoms with E-state index in [2.05, 4.69) is 10.2 Å². The number of carbonyl (C=O) groups is 1. The van der Waals surface area contributed by atoms with Crippen LogP contribution in [0.5, 0.6) is 0 Å². The Kier molecular flexibility index (Phi) is 4.37. The minimum absolute atomic E-state index is 0.0164. The maximum atomic E-state index is 10.9. The molecule has 7 heteroatoms. The summed E-state index contributed by atoms with van der Waals surface area (Å²) in [5.41, 5.74) is 4.04. The number of hydrogen-bond donors (Lipinski definition) is 1. The molecule has 0 saturated heterocycles. The first-order valence-electron chi connectivity index (χ1n) is 6.81. The van der Waals surface area contributed by atoms with E-state index in [1.165, 1.54) is 0 Å². The molecule has 2 rings (SSSR count). The molecule has 0 bridgehead atoms. The smallest absolute Gasteiger partial charge is 0.307 e. The highest BCUT2D eigenvalue weighted by Crippen LogP contribution is 2.23. The Morgan fingerprint density at radius 1 is 1.19 bits per heavy atom. The zero-order valence-corrected chi connectivity index (χ0v) is 13.4. The lowest BCUT2D eigenvalue weighted by Crippen LogP contribution is -2.11. The monoisotopic (exact) mass is 310 g/mol. The van der Waals surface area contributed by atoms with Gasteiger partial charge in [-0.2, -0.15) is 10.2 Å². The second-order valence-electron chi connectivity index (χ2n) is 5.04. The Hall–Kier alpha value is -1.82. The van der Waals surface area contributed by atoms with Crippen LogP contribution >= 0.6 is 11.6 Å². The lowest BCUT2D eigenvalue weighted by atomic mass is 10.1. The van der Waals surface area contributed by atoms with Gasteiger partial charge < -0.3 is 5.11 Å². The van der Waals surface area contributed by atoms with Crippen molar-refractivity contribution in [2.24, 2.45) is 0 Å². The Labute approximate surface area is 128 Å². The summed E-state index contributed by atoms with van der Waals surface area (Å²) >= 11 is 6.31. The van der Waals surface area contributed by atoms with E-state index in [0.29, 0.717) is 11.6 Å². The molecule has 2 aromatic heterocycles. The molecule has 0 atom stereocenters. The van der Waals surface area contributed by atoms with Gasteiger partial charge in [-0.05, 0) is 27.7 Å². The molecule has 0 aliphatic heterocycles. The van der Waals surface area contributed by atoms with Gasteiger partial charge in [0.05, 0.1) is 35.1 Å². The van der Waals surface area contributed by atoms with E-state index in [0.717, 1.165) is 34.9 Å². The zero-order valence-electron chi connectivity index (χ0n) is 12.6. The third kappa shape index (κ3) is 2.95. The first-order chi connectivity index (χ1) is 9.85. The highest BCUT2D eigenvalue weighted by atomic mass is 35.5. The number of hydrogen-bond acceptors (Lipinski definition) is 3. The summed E-state index contributed by atoms with van der Waals surface area (Å²) in [6.45, 7) is 8.79. The largest absolute Gasteiger partial charge is 0.481 e. The average Bonchev–Trinajstić information content (AvgIpc) is 2.83. The molecule has 0 aromatic carbocycles. The lowest BCUT2D eigenvalue weighted by molar-refractivity contribution is -0.136. The molecule has 2 aromatic rings. The molecule has 0 aliphatic carbocycles. The average molecular weight is 311 g/mol. The van der Waals surface area contributed by atoms with Crippen molar-refractivity contribution >= 4 is 17.6 Å². The molecule has 0 unspecified atom stereocenters. The summed E-state index contributed by atoms with van der Waals surface area (Å²) in [4.78, 5) is 10.9. The number of aliphatic carboxylic acids is 1. The Morgan fingerprint density at radius 2 is 1.81 bits per heavy atom. The van der Waals surface area contributed by atoms with Crippen molar-refractivity contribution in [3.05, 3.63) is 33.4 Å². The Balaban J connectivity index is 2.39. The van der Waals surface area contributed by atoms with E-state index < -0.39 is 5.97 Å². The lowest BCUT2D eigenvalue weighted by Gasteiger charge is -2.08. The number of aryl methyl sites for hydroxylation is 3. The van der Waals surface area contributed by atoms with Gasteiger partial charge in [0.15, 0.2) is 0 Å². The van der Waals surface area contributed by atoms with Crippen molar-refractivity contribution in [1.29, 1.82) is 0 Å². The van der Waals surface area contributed by atoms with E-state index >= 15 is 0 Å². The number of halogens is 1. The molecule has 114 valence electrons. The van der Waals surface area contributed by atoms with Crippen LogP contribution in [0.15, 0.2) is 0 Å². The van der Waals surface area contributed by atoms with E-state index in [4.69, 9.17) is 16.7 Å². The van der Waals surface area contributed by atoms with Gasteiger partial charge in [-0.15, -0.1) is 0 Å². The number of rotatable bonds is 5. The molecule has 21 heavy (non-hydrogen) atoms. The summed E-state index contributed by atoms with van der Waals surface area (Å²) in [5.74, 6) is -0.853. The van der Waals surface area contributed by atoms with Gasteiger partial charge in [-0.3, -0.25) is 14.2 Å². The summed E-state index contributed by atoms with van der Waals surface area (Å²) in [6, 6.07) is 0. The molecule has 0 spiro atoms. The number of nitrogens with zero attached hydrogens (tertiary/aromatic N) is 4. The summed E-state index contributed by atoms with van der Waals surface area (Å²) in [7, 11) is 0. The first-order valence-corrected chi connectivity index (χ1v) is 7.19. The summed E-state index contributed by atoms with van der Waals surface area (Å²) < 4.78 is 3.65. The van der Waals surface area contributed by atoms with Gasteiger partial charge in [-0.1, -0.05) is 11.6 Å². The van der Waals surface area contributed by atoms with Crippen molar-refractivity contribution in [3.63, 3.8) is 0 Å². The quantitative estimate of drug-likeness (QED) is 0.920. The summed E-state index contributed by atoms with van der Waals surface area (Å²) in [5, 5.41) is 18.4. The van der Waals surface area contributed by atoms with Crippen LogP contribution in [-0.4, -0.2) is 30.6 Å². The maximum Gasteiger partial charge on any atom is 0.307 e. The van der Waals surface area contributed by atoms with Gasteiger partial charge in [0, 0.05) is 17.8 Å². The van der Waals surface area contributed by atoms with Crippen LogP contribution in [0, 0.1) is 20.8 Å². The van der Waals surface area contributed by atoms with Gasteiger partial charge >= 0.3 is 5.97 Å². The molecular formula is C14H19ClN4O2. The van der Waals surface area contributed by atoms with Crippen molar-refractivity contribution in [2.45, 2.75) is 47.2 Å². The fraction of sp³-hybridized carbons (Fsp3) is 0.500. The SMILES string of the molecule is CCn1nc(C)c(Cl)c1Cn1nc(C)c(CC(=O)O)c1C. The number of carboxylic acid groups (broad SMARTS) is 1. The minimum atomic E-state index is -0.853. The topological polar surface area (TPSA) is 72.9 Å². The second-order valence-corrected chi connectivity index (χ2v) is 5.42. The maximum absolute atomic E-state index is 10.9. The van der Waals surface area contributed by atoms with Crippen LogP contribution in [-0.2, 0) is 24.3 Å². The molecule has 0 fully saturated rings. The standard InChI is InChI=1S/C14H19ClN4O2/c1-5-18-12(14(15)9(3)17-18)7-19-10(4)11(6-13(20)21)8(2)16-19/h5-7H2,1-4H3,(H,20,21). The van der Waals surface area contributed by atoms with Crippen molar-refractivity contribution in [1.82, 2.24) is 19.6 Å². The van der Waals surface area contributed by atoms with Crippen LogP contribution in [0.3, 0.4) is 0 Å². The number of carboxylic acids is 1. The highest BCUT2D eigenvalue weighted by Gasteiger charge is 2.18. The predicted octanol–water partition coefficient (Wildman–Crippen LogP) is 2.35. The van der Waals surface area contributed by atoms with Gasteiger partial charge in [-0.25, -0.2) is 0 Å². The third-order valence-electron chi connectivity index (χ3n) is 3.61. The molecular weight excluding hydrogens is 292 g/mol. The molecule has 0 aliphatic rings. The molecule has 0 amide bonds. The fourth-order valence-electron chi connectivity index (χ4n) is 2.46. The van der Waals surface area contributed by atoms with E-state index in [9.17, 15) is 4.79 Å². The normalized spacial score (nSPS) is 11.1. The Bertz CT molecular complexity index is 688. The predicted molar refractivity (Wildman–Crippen MR) is 79.8 cm³/mol. The molecule has 6 nitrogen and oxygen atoms in total. The van der Waals surface area contributed by atoms with Crippen molar-refractivity contribution in [2.75, 3.05) is 0 Å². The van der Waals surface area contributed by atoms with E-state index in [1.807, 2.05) is 32.4 Å². The minimum Gasteiger partial charge on any atom is -0.481 e. The van der Waals surface area contributed by atoms with Gasteiger partial charge in [0.2, 0.25) is 0 Å². The molecule has 2 heterocycles. The molecule has 1 N–H and O–H groups in total. The van der Waals surface area contributed by atoms with Crippen LogP contribution in [0.2, 0.25) is 5.02 Å². The second kappa shape index (κ2) is 5.89. The van der Waals surface area contributed by atoms with E-state index in [1.54, 1.807) is 4.68 Å². The van der Waals surface area contributed by atoms with Crippen LogP contribution in [0.1, 0.15) is 35.3 Å². The molecule has 0 saturated carbocycles. The van der Waals surface area contributed by atoms with Crippen LogP contribution < -0.4 is 0 Å². The fourth-order valence-corrected chi connectivity index (χ4v) is 2.65. The van der Waals surface area contributed by atoms with Crippen LogP contribution in [0.4, 0.5) is 0 Å². The van der Waals surface area contributed by atoms with E-state index in [-0.39, 0.29) is 6.42 Å². The van der Waals surface area contributed by atoms with Gasteiger partial charge in [0.1, 0.15) is 0 Å². The number of aromatic nitrogens is 4. The Morgan fingerprint density at radius 3 is 2.38 bits per heavy atom. The third-order valence-corrected chi connectivity index (χ3v) is 4.10. The molecule has 0 radical (unpaired) electrons. The van der Waals surface area contributed by atoms with Crippen molar-refractivity contribution in [3.8, 4) is 0 Å². The van der Waals surface area contributed by atoms with Gasteiger partial charge in [0.25, 0.3) is 0 Å². The van der Waals surface area contributed by atoms with Crippen molar-refractivity contribution < 1.29 is 9.90 Å². The zero-order chi connectivity index (χ0) is 15.7.